The molecule has 1 rings (SSSR count). The second-order valence-corrected chi connectivity index (χ2v) is 3.65. The predicted octanol–water partition coefficient (Wildman–Crippen LogP) is 3.21. The molecule has 1 aromatic heterocycles. The Labute approximate surface area is 95.5 Å². The van der Waals surface area contributed by atoms with Gasteiger partial charge < -0.3 is 10.1 Å². The van der Waals surface area contributed by atoms with Gasteiger partial charge in [0.2, 0.25) is 0 Å². The number of hydrogen-bond donors (Lipinski definition) is 2. The molecule has 0 aromatic carbocycles. The number of aromatic amines is 1. The lowest BCUT2D eigenvalue weighted by atomic mass is 10.1. The Kier molecular flexibility index (Phi) is 3.72. The van der Waals surface area contributed by atoms with E-state index in [0.29, 0.717) is 17.0 Å². The third-order valence-corrected chi connectivity index (χ3v) is 2.46. The van der Waals surface area contributed by atoms with E-state index >= 15 is 0 Å². The van der Waals surface area contributed by atoms with Crippen molar-refractivity contribution in [3.8, 4) is 5.75 Å². The van der Waals surface area contributed by atoms with Crippen molar-refractivity contribution in [3.63, 3.8) is 0 Å². The van der Waals surface area contributed by atoms with Gasteiger partial charge in [-0.15, -0.1) is 0 Å². The van der Waals surface area contributed by atoms with E-state index in [9.17, 15) is 9.90 Å². The number of nitrogens with one attached hydrogen (secondary N) is 1. The molecule has 2 N–H and O–H groups in total. The molecular formula is C13H17NO2. The Bertz CT molecular complexity index is 465. The molecule has 0 saturated carbocycles. The fourth-order valence-corrected chi connectivity index (χ4v) is 1.75. The van der Waals surface area contributed by atoms with E-state index in [1.807, 2.05) is 32.1 Å². The van der Waals surface area contributed by atoms with Crippen LogP contribution in [-0.2, 0) is 0 Å². The van der Waals surface area contributed by atoms with Crippen LogP contribution in [0.15, 0.2) is 18.2 Å². The van der Waals surface area contributed by atoms with Crippen molar-refractivity contribution in [1.82, 2.24) is 4.98 Å². The zero-order chi connectivity index (χ0) is 12.3. The molecule has 0 aliphatic rings. The van der Waals surface area contributed by atoms with Crippen molar-refractivity contribution in [3.05, 3.63) is 35.2 Å². The maximum atomic E-state index is 11.4. The second-order valence-electron chi connectivity index (χ2n) is 3.65. The van der Waals surface area contributed by atoms with Gasteiger partial charge in [-0.3, -0.25) is 4.79 Å². The standard InChI is InChI=1S/C13H17NO2/c1-5-7-10(6-2)12-13(16)11(9(4)15)8(3)14-12/h5-7,14,16H,1-4H3/b7-5-,10-6+. The normalized spacial score (nSPS) is 12.4. The van der Waals surface area contributed by atoms with E-state index in [1.165, 1.54) is 6.92 Å². The van der Waals surface area contributed by atoms with Gasteiger partial charge in [0.1, 0.15) is 0 Å². The van der Waals surface area contributed by atoms with Gasteiger partial charge in [-0.05, 0) is 33.3 Å². The summed E-state index contributed by atoms with van der Waals surface area (Å²) in [6.07, 6.45) is 5.65. The minimum absolute atomic E-state index is 0.0381. The average Bonchev–Trinajstić information content (AvgIpc) is 2.50. The van der Waals surface area contributed by atoms with Crippen molar-refractivity contribution < 1.29 is 9.90 Å². The first-order valence-electron chi connectivity index (χ1n) is 5.24. The molecule has 86 valence electrons. The molecule has 0 fully saturated rings. The first-order valence-corrected chi connectivity index (χ1v) is 5.24. The second kappa shape index (κ2) is 4.84. The molecule has 3 nitrogen and oxygen atoms in total. The van der Waals surface area contributed by atoms with E-state index in [1.54, 1.807) is 6.92 Å². The van der Waals surface area contributed by atoms with Crippen molar-refractivity contribution in [1.29, 1.82) is 0 Å². The molecule has 0 spiro atoms. The predicted molar refractivity (Wildman–Crippen MR) is 65.7 cm³/mol. The summed E-state index contributed by atoms with van der Waals surface area (Å²) in [5, 5.41) is 9.98. The Hall–Kier alpha value is -1.77. The van der Waals surface area contributed by atoms with Gasteiger partial charge in [0.05, 0.1) is 11.3 Å². The summed E-state index contributed by atoms with van der Waals surface area (Å²) in [6.45, 7) is 7.02. The van der Waals surface area contributed by atoms with Crippen molar-refractivity contribution >= 4 is 11.4 Å². The molecule has 0 unspecified atom stereocenters. The molecule has 0 bridgehead atoms. The fourth-order valence-electron chi connectivity index (χ4n) is 1.75. The summed E-state index contributed by atoms with van der Waals surface area (Å²) >= 11 is 0. The van der Waals surface area contributed by atoms with Crippen LogP contribution in [-0.4, -0.2) is 15.9 Å². The zero-order valence-electron chi connectivity index (χ0n) is 10.1. The monoisotopic (exact) mass is 219 g/mol. The van der Waals surface area contributed by atoms with Crippen LogP contribution in [0, 0.1) is 6.92 Å². The Balaban J connectivity index is 3.37. The highest BCUT2D eigenvalue weighted by Gasteiger charge is 2.18. The number of Topliss-reactive ketones (excluding diaryl/α,β-unsaturated/α-hetero) is 1. The van der Waals surface area contributed by atoms with Crippen molar-refractivity contribution in [2.45, 2.75) is 27.7 Å². The van der Waals surface area contributed by atoms with Crippen molar-refractivity contribution in [2.24, 2.45) is 0 Å². The van der Waals surface area contributed by atoms with Crippen LogP contribution in [0.2, 0.25) is 0 Å². The van der Waals surface area contributed by atoms with Gasteiger partial charge >= 0.3 is 0 Å². The third kappa shape index (κ3) is 2.08. The van der Waals surface area contributed by atoms with Crippen LogP contribution in [0.3, 0.4) is 0 Å². The Morgan fingerprint density at radius 3 is 2.38 bits per heavy atom. The zero-order valence-corrected chi connectivity index (χ0v) is 10.1. The first kappa shape index (κ1) is 12.3. The highest BCUT2D eigenvalue weighted by Crippen LogP contribution is 2.31. The molecular weight excluding hydrogens is 202 g/mol. The van der Waals surface area contributed by atoms with E-state index in [0.717, 1.165) is 5.57 Å². The van der Waals surface area contributed by atoms with Gasteiger partial charge in [-0.2, -0.15) is 0 Å². The third-order valence-electron chi connectivity index (χ3n) is 2.46. The summed E-state index contributed by atoms with van der Waals surface area (Å²) in [7, 11) is 0. The van der Waals surface area contributed by atoms with Crippen LogP contribution >= 0.6 is 0 Å². The number of allylic oxidation sites excluding steroid dienone is 4. The molecule has 1 heterocycles. The number of aryl methyl sites for hydroxylation is 1. The molecule has 0 aliphatic carbocycles. The Morgan fingerprint density at radius 1 is 1.38 bits per heavy atom. The minimum atomic E-state index is -0.131. The highest BCUT2D eigenvalue weighted by molar-refractivity contribution is 6.00. The fraction of sp³-hybridized carbons (Fsp3) is 0.308. The lowest BCUT2D eigenvalue weighted by Crippen LogP contribution is -1.92. The number of hydrogen-bond acceptors (Lipinski definition) is 2. The van der Waals surface area contributed by atoms with E-state index < -0.39 is 0 Å². The summed E-state index contributed by atoms with van der Waals surface area (Å²) < 4.78 is 0. The van der Waals surface area contributed by atoms with E-state index in [-0.39, 0.29) is 11.5 Å². The summed E-state index contributed by atoms with van der Waals surface area (Å²) in [4.78, 5) is 14.4. The molecule has 3 heteroatoms. The number of rotatable bonds is 3. The average molecular weight is 219 g/mol. The molecule has 0 atom stereocenters. The van der Waals surface area contributed by atoms with Gasteiger partial charge in [-0.25, -0.2) is 0 Å². The largest absolute Gasteiger partial charge is 0.505 e. The number of carbonyl (C=O) groups is 1. The number of carbonyl (C=O) groups excluding carboxylic acids is 1. The molecule has 0 saturated heterocycles. The van der Waals surface area contributed by atoms with Gasteiger partial charge in [0, 0.05) is 5.69 Å². The van der Waals surface area contributed by atoms with Crippen LogP contribution in [0.5, 0.6) is 5.75 Å². The summed E-state index contributed by atoms with van der Waals surface area (Å²) in [6, 6.07) is 0. The topological polar surface area (TPSA) is 53.1 Å². The molecule has 1 aromatic rings. The quantitative estimate of drug-likeness (QED) is 0.605. The van der Waals surface area contributed by atoms with Crippen LogP contribution < -0.4 is 0 Å². The van der Waals surface area contributed by atoms with Gasteiger partial charge in [0.25, 0.3) is 0 Å². The number of H-pyrrole nitrogens is 1. The van der Waals surface area contributed by atoms with Crippen molar-refractivity contribution in [2.75, 3.05) is 0 Å². The van der Waals surface area contributed by atoms with Gasteiger partial charge in [-0.1, -0.05) is 18.2 Å². The van der Waals surface area contributed by atoms with Crippen LogP contribution in [0.4, 0.5) is 0 Å². The summed E-state index contributed by atoms with van der Waals surface area (Å²) in [5.41, 5.74) is 2.54. The first-order chi connectivity index (χ1) is 7.52. The van der Waals surface area contributed by atoms with Crippen LogP contribution in [0.25, 0.3) is 5.57 Å². The SMILES string of the molecule is C/C=C\C(=C/C)c1[nH]c(C)c(C(C)=O)c1O. The molecule has 0 radical (unpaired) electrons. The smallest absolute Gasteiger partial charge is 0.165 e. The maximum absolute atomic E-state index is 11.4. The van der Waals surface area contributed by atoms with Gasteiger partial charge in [0.15, 0.2) is 11.5 Å². The number of aromatic hydroxyl groups is 1. The maximum Gasteiger partial charge on any atom is 0.165 e. The highest BCUT2D eigenvalue weighted by atomic mass is 16.3. The molecule has 16 heavy (non-hydrogen) atoms. The molecule has 0 amide bonds. The Morgan fingerprint density at radius 2 is 2.00 bits per heavy atom. The summed E-state index contributed by atoms with van der Waals surface area (Å²) in [5.74, 6) is -0.0929. The number of aromatic nitrogens is 1. The van der Waals surface area contributed by atoms with E-state index in [4.69, 9.17) is 0 Å². The lowest BCUT2D eigenvalue weighted by molar-refractivity contribution is 0.101. The van der Waals surface area contributed by atoms with Crippen LogP contribution in [0.1, 0.15) is 42.5 Å². The lowest BCUT2D eigenvalue weighted by Gasteiger charge is -1.99. The number of ketones is 1. The minimum Gasteiger partial charge on any atom is -0.505 e. The van der Waals surface area contributed by atoms with E-state index in [2.05, 4.69) is 4.98 Å². The molecule has 0 aliphatic heterocycles.